The molecule has 2 N–H and O–H groups in total. The predicted octanol–water partition coefficient (Wildman–Crippen LogP) is 6.30. The second kappa shape index (κ2) is 12.9. The Hall–Kier alpha value is -5.10. The van der Waals surface area contributed by atoms with Gasteiger partial charge in [-0.2, -0.15) is 4.90 Å². The zero-order chi connectivity index (χ0) is 33.1. The molecule has 4 aromatic rings. The van der Waals surface area contributed by atoms with Gasteiger partial charge in [-0.05, 0) is 59.2 Å². The van der Waals surface area contributed by atoms with Crippen LogP contribution in [0.25, 0.3) is 34.0 Å². The lowest BCUT2D eigenvalue weighted by Crippen LogP contribution is -2.44. The molecule has 0 spiro atoms. The number of nitrogens with zero attached hydrogens (tertiary/aromatic N) is 5. The van der Waals surface area contributed by atoms with Crippen molar-refractivity contribution >= 4 is 23.9 Å². The molecule has 2 aromatic carbocycles. The van der Waals surface area contributed by atoms with E-state index in [1.807, 2.05) is 24.3 Å². The van der Waals surface area contributed by atoms with Crippen molar-refractivity contribution in [2.75, 3.05) is 19.0 Å². The summed E-state index contributed by atoms with van der Waals surface area (Å²) in [6.45, 7) is 10.5. The first-order valence-corrected chi connectivity index (χ1v) is 14.3. The fourth-order valence-electron chi connectivity index (χ4n) is 4.09. The topological polar surface area (TPSA) is 154 Å². The van der Waals surface area contributed by atoms with E-state index in [9.17, 15) is 14.4 Å². The molecule has 0 saturated carbocycles. The van der Waals surface area contributed by atoms with E-state index in [0.717, 1.165) is 11.1 Å². The van der Waals surface area contributed by atoms with Crippen LogP contribution in [0.2, 0.25) is 0 Å². The van der Waals surface area contributed by atoms with Crippen LogP contribution in [-0.2, 0) is 16.0 Å². The summed E-state index contributed by atoms with van der Waals surface area (Å²) in [6.07, 6.45) is -0.612. The van der Waals surface area contributed by atoms with Gasteiger partial charge in [0.25, 0.3) is 5.91 Å². The lowest BCUT2D eigenvalue weighted by Gasteiger charge is -2.28. The number of amides is 3. The van der Waals surface area contributed by atoms with E-state index in [-0.39, 0.29) is 23.2 Å². The summed E-state index contributed by atoms with van der Waals surface area (Å²) in [6, 6.07) is 15.9. The zero-order valence-corrected chi connectivity index (χ0v) is 26.7. The van der Waals surface area contributed by atoms with Gasteiger partial charge in [0.15, 0.2) is 17.3 Å². The largest absolute Gasteiger partial charge is 0.443 e. The first kappa shape index (κ1) is 32.8. The SMILES string of the molecule is CN(C)C(=O)c1ccc(-c2cnc(N(C(=O)OC(C)(C)C)C(=O)OC(C)(C)C)c(-c3cc(-c4ccc(CN)cc4)no3)n2)cc1. The van der Waals surface area contributed by atoms with E-state index < -0.39 is 23.4 Å². The first-order valence-electron chi connectivity index (χ1n) is 14.3. The average Bonchev–Trinajstić information content (AvgIpc) is 3.45. The fraction of sp³-hybridized carbons (Fsp3) is 0.333. The minimum absolute atomic E-state index is 0.0370. The summed E-state index contributed by atoms with van der Waals surface area (Å²) < 4.78 is 16.9. The summed E-state index contributed by atoms with van der Waals surface area (Å²) in [5.74, 6) is -0.195. The van der Waals surface area contributed by atoms with Crippen LogP contribution in [0.3, 0.4) is 0 Å². The molecular formula is C33H38N6O6. The maximum atomic E-state index is 13.5. The maximum Gasteiger partial charge on any atom is 0.425 e. The van der Waals surface area contributed by atoms with Crippen molar-refractivity contribution in [3.05, 3.63) is 71.9 Å². The van der Waals surface area contributed by atoms with E-state index in [4.69, 9.17) is 24.7 Å². The molecule has 2 heterocycles. The van der Waals surface area contributed by atoms with Gasteiger partial charge < -0.3 is 24.6 Å². The number of rotatable bonds is 6. The van der Waals surface area contributed by atoms with Gasteiger partial charge in [0.05, 0.1) is 11.9 Å². The summed E-state index contributed by atoms with van der Waals surface area (Å²) in [5, 5.41) is 4.21. The number of nitrogens with two attached hydrogens (primary N) is 1. The molecule has 4 rings (SSSR count). The lowest BCUT2D eigenvalue weighted by atomic mass is 10.1. The zero-order valence-electron chi connectivity index (χ0n) is 26.7. The Morgan fingerprint density at radius 3 is 1.87 bits per heavy atom. The third-order valence-electron chi connectivity index (χ3n) is 6.18. The number of benzene rings is 2. The molecule has 45 heavy (non-hydrogen) atoms. The molecule has 12 nitrogen and oxygen atoms in total. The summed E-state index contributed by atoms with van der Waals surface area (Å²) in [5.41, 5.74) is 7.60. The molecule has 12 heteroatoms. The maximum absolute atomic E-state index is 13.5. The average molecular weight is 615 g/mol. The Balaban J connectivity index is 1.88. The molecule has 0 aliphatic heterocycles. The highest BCUT2D eigenvalue weighted by molar-refractivity contribution is 6.10. The highest BCUT2D eigenvalue weighted by atomic mass is 16.6. The smallest absolute Gasteiger partial charge is 0.425 e. The third-order valence-corrected chi connectivity index (χ3v) is 6.18. The van der Waals surface area contributed by atoms with Gasteiger partial charge in [0.2, 0.25) is 0 Å². The van der Waals surface area contributed by atoms with Gasteiger partial charge in [-0.25, -0.2) is 19.6 Å². The van der Waals surface area contributed by atoms with Crippen LogP contribution in [0.5, 0.6) is 0 Å². The molecule has 0 atom stereocenters. The molecule has 236 valence electrons. The van der Waals surface area contributed by atoms with Gasteiger partial charge in [-0.1, -0.05) is 41.6 Å². The Labute approximate surface area is 262 Å². The second-order valence-electron chi connectivity index (χ2n) is 12.5. The second-order valence-corrected chi connectivity index (χ2v) is 12.5. The van der Waals surface area contributed by atoms with E-state index in [2.05, 4.69) is 10.1 Å². The van der Waals surface area contributed by atoms with Gasteiger partial charge in [-0.15, -0.1) is 0 Å². The van der Waals surface area contributed by atoms with Crippen molar-refractivity contribution in [3.63, 3.8) is 0 Å². The minimum atomic E-state index is -1.01. The highest BCUT2D eigenvalue weighted by Crippen LogP contribution is 2.34. The normalized spacial score (nSPS) is 11.6. The number of carbonyl (C=O) groups is 3. The number of hydrogen-bond acceptors (Lipinski definition) is 10. The molecule has 0 saturated heterocycles. The number of imide groups is 1. The van der Waals surface area contributed by atoms with Gasteiger partial charge >= 0.3 is 12.2 Å². The van der Waals surface area contributed by atoms with Gasteiger partial charge in [0.1, 0.15) is 16.9 Å². The Morgan fingerprint density at radius 2 is 1.36 bits per heavy atom. The number of hydrogen-bond donors (Lipinski definition) is 1. The highest BCUT2D eigenvalue weighted by Gasteiger charge is 2.37. The van der Waals surface area contributed by atoms with E-state index in [1.165, 1.54) is 11.1 Å². The van der Waals surface area contributed by atoms with Crippen LogP contribution < -0.4 is 10.6 Å². The number of ether oxygens (including phenoxy) is 2. The van der Waals surface area contributed by atoms with Crippen molar-refractivity contribution in [1.29, 1.82) is 0 Å². The Morgan fingerprint density at radius 1 is 0.822 bits per heavy atom. The van der Waals surface area contributed by atoms with E-state index in [0.29, 0.717) is 34.0 Å². The fourth-order valence-corrected chi connectivity index (χ4v) is 4.09. The minimum Gasteiger partial charge on any atom is -0.443 e. The molecule has 0 aliphatic carbocycles. The van der Waals surface area contributed by atoms with E-state index >= 15 is 0 Å². The van der Waals surface area contributed by atoms with Crippen LogP contribution in [0.15, 0.2) is 65.3 Å². The number of aromatic nitrogens is 3. The molecule has 0 unspecified atom stereocenters. The summed E-state index contributed by atoms with van der Waals surface area (Å²) in [4.78, 5) is 50.9. The predicted molar refractivity (Wildman–Crippen MR) is 169 cm³/mol. The third kappa shape index (κ3) is 8.09. The van der Waals surface area contributed by atoms with Crippen molar-refractivity contribution < 1.29 is 28.4 Å². The standard InChI is InChI=1S/C33H38N6O6/c1-32(2,3)43-30(41)39(31(42)44-33(4,5)6)28-27(26-17-24(37-45-26)21-11-9-20(18-34)10-12-21)36-25(19-35-28)22-13-15-23(16-14-22)29(40)38(7)8/h9-17,19H,18,34H2,1-8H3. The van der Waals surface area contributed by atoms with Crippen molar-refractivity contribution in [1.82, 2.24) is 20.0 Å². The van der Waals surface area contributed by atoms with Crippen LogP contribution in [0, 0.1) is 0 Å². The summed E-state index contributed by atoms with van der Waals surface area (Å²) in [7, 11) is 3.35. The molecule has 2 aromatic heterocycles. The van der Waals surface area contributed by atoms with Gasteiger partial charge in [-0.3, -0.25) is 4.79 Å². The first-order chi connectivity index (χ1) is 21.1. The molecule has 3 amide bonds. The van der Waals surface area contributed by atoms with Gasteiger partial charge in [0, 0.05) is 43.4 Å². The molecular weight excluding hydrogens is 576 g/mol. The summed E-state index contributed by atoms with van der Waals surface area (Å²) >= 11 is 0. The Bertz CT molecular complexity index is 1650. The van der Waals surface area contributed by atoms with E-state index in [1.54, 1.807) is 86.0 Å². The van der Waals surface area contributed by atoms with Crippen LogP contribution in [-0.4, -0.2) is 63.4 Å². The van der Waals surface area contributed by atoms with Crippen molar-refractivity contribution in [2.45, 2.75) is 59.3 Å². The van der Waals surface area contributed by atoms with Crippen LogP contribution in [0.1, 0.15) is 57.5 Å². The lowest BCUT2D eigenvalue weighted by molar-refractivity contribution is 0.0428. The van der Waals surface area contributed by atoms with Crippen LogP contribution >= 0.6 is 0 Å². The molecule has 0 fully saturated rings. The quantitative estimate of drug-likeness (QED) is 0.261. The van der Waals surface area contributed by atoms with Crippen molar-refractivity contribution in [2.24, 2.45) is 5.73 Å². The van der Waals surface area contributed by atoms with Crippen molar-refractivity contribution in [3.8, 4) is 34.0 Å². The van der Waals surface area contributed by atoms with Crippen LogP contribution in [0.4, 0.5) is 15.4 Å². The molecule has 0 aliphatic rings. The Kier molecular flexibility index (Phi) is 9.38. The number of carbonyl (C=O) groups excluding carboxylic acids is 3. The number of anilines is 1. The monoisotopic (exact) mass is 614 g/mol. The molecule has 0 radical (unpaired) electrons. The molecule has 0 bridgehead atoms.